The van der Waals surface area contributed by atoms with Gasteiger partial charge in [0.2, 0.25) is 0 Å². The first-order chi connectivity index (χ1) is 30.1. The molecule has 0 aliphatic heterocycles. The maximum Gasteiger partial charge on any atom is 0.0190 e. The summed E-state index contributed by atoms with van der Waals surface area (Å²) in [6.07, 6.45) is 9.37. The predicted octanol–water partition coefficient (Wildman–Crippen LogP) is 15.3. The fraction of sp³-hybridized carbons (Fsp3) is 0.400. The molecule has 0 radical (unpaired) electrons. The minimum atomic E-state index is -0.917. The molecule has 326 valence electrons. The van der Waals surface area contributed by atoms with Gasteiger partial charge >= 0.3 is 0 Å². The van der Waals surface area contributed by atoms with Crippen molar-refractivity contribution in [1.29, 1.82) is 0 Å². The van der Waals surface area contributed by atoms with Crippen LogP contribution in [-0.4, -0.2) is 0 Å². The van der Waals surface area contributed by atoms with Crippen molar-refractivity contribution >= 4 is 37.1 Å². The zero-order valence-electron chi connectivity index (χ0n) is 40.2. The van der Waals surface area contributed by atoms with Gasteiger partial charge in [0.1, 0.15) is 0 Å². The van der Waals surface area contributed by atoms with E-state index in [4.69, 9.17) is 0 Å². The Bertz CT molecular complexity index is 1980. The number of aryl methyl sites for hydroxylation is 8. The van der Waals surface area contributed by atoms with Gasteiger partial charge in [-0.2, -0.15) is 0 Å². The highest BCUT2D eigenvalue weighted by Gasteiger charge is 2.54. The molecule has 0 bridgehead atoms. The van der Waals surface area contributed by atoms with Crippen molar-refractivity contribution in [1.82, 2.24) is 0 Å². The molecule has 0 spiro atoms. The van der Waals surface area contributed by atoms with Gasteiger partial charge in [0.25, 0.3) is 0 Å². The van der Waals surface area contributed by atoms with Gasteiger partial charge < -0.3 is 0 Å². The molecule has 62 heavy (non-hydrogen) atoms. The molecule has 2 unspecified atom stereocenters. The maximum absolute atomic E-state index is 2.63. The molecule has 0 aromatic heterocycles. The number of hydrogen-bond donors (Lipinski definition) is 0. The van der Waals surface area contributed by atoms with Gasteiger partial charge in [-0.3, -0.25) is 0 Å². The van der Waals surface area contributed by atoms with Crippen molar-refractivity contribution in [2.24, 2.45) is 11.3 Å². The lowest BCUT2D eigenvalue weighted by Crippen LogP contribution is -2.43. The zero-order chi connectivity index (χ0) is 44.4. The van der Waals surface area contributed by atoms with Crippen LogP contribution in [0.25, 0.3) is 0 Å². The average Bonchev–Trinajstić information content (AvgIpc) is 3.33. The van der Waals surface area contributed by atoms with Crippen LogP contribution in [0.1, 0.15) is 150 Å². The van der Waals surface area contributed by atoms with Crippen LogP contribution in [0.4, 0.5) is 0 Å². The molecule has 6 aromatic rings. The molecule has 0 aliphatic carbocycles. The molecule has 0 saturated heterocycles. The fourth-order valence-corrected chi connectivity index (χ4v) is 17.8. The summed E-state index contributed by atoms with van der Waals surface area (Å²) in [5, 5.41) is 6.16. The van der Waals surface area contributed by atoms with E-state index in [1.54, 1.807) is 0 Å². The molecule has 0 aliphatic rings. The maximum atomic E-state index is 2.63. The summed E-state index contributed by atoms with van der Waals surface area (Å²) in [7, 11) is -1.83. The van der Waals surface area contributed by atoms with Crippen molar-refractivity contribution in [2.45, 2.75) is 145 Å². The Kier molecular flexibility index (Phi) is 17.1. The van der Waals surface area contributed by atoms with Crippen LogP contribution >= 0.6 is 15.8 Å². The number of rotatable bonds is 20. The third-order valence-corrected chi connectivity index (χ3v) is 19.8. The highest BCUT2D eigenvalue weighted by molar-refractivity contribution is 7.74. The topological polar surface area (TPSA) is 0 Å². The molecule has 0 fully saturated rings. The molecule has 2 atom stereocenters. The quantitative estimate of drug-likeness (QED) is 0.0671. The molecule has 2 heteroatoms. The molecule has 6 aromatic carbocycles. The molecule has 0 heterocycles. The summed E-state index contributed by atoms with van der Waals surface area (Å²) in [6, 6.07) is 54.7. The van der Waals surface area contributed by atoms with Crippen LogP contribution < -0.4 is 21.2 Å². The minimum absolute atomic E-state index is 0.160. The van der Waals surface area contributed by atoms with Crippen LogP contribution in [-0.2, 0) is 51.4 Å². The van der Waals surface area contributed by atoms with E-state index in [0.29, 0.717) is 5.92 Å². The van der Waals surface area contributed by atoms with Crippen LogP contribution in [0.3, 0.4) is 0 Å². The summed E-state index contributed by atoms with van der Waals surface area (Å²) in [6.45, 7) is 26.5. The highest BCUT2D eigenvalue weighted by atomic mass is 31.1. The molecule has 0 N–H and O–H groups in total. The Labute approximate surface area is 380 Å². The van der Waals surface area contributed by atoms with Crippen molar-refractivity contribution in [2.75, 3.05) is 0 Å². The second-order valence-corrected chi connectivity index (χ2v) is 22.4. The van der Waals surface area contributed by atoms with Crippen LogP contribution in [0, 0.1) is 11.3 Å². The van der Waals surface area contributed by atoms with Crippen molar-refractivity contribution in [3.63, 3.8) is 0 Å². The Hall–Kier alpha value is -3.82. The summed E-state index contributed by atoms with van der Waals surface area (Å²) in [5.41, 5.74) is 14.9. The Balaban J connectivity index is 1.85. The van der Waals surface area contributed by atoms with Crippen LogP contribution in [0.5, 0.6) is 0 Å². The van der Waals surface area contributed by atoms with E-state index in [1.807, 2.05) is 0 Å². The molecule has 0 nitrogen and oxygen atoms in total. The van der Waals surface area contributed by atoms with E-state index >= 15 is 0 Å². The number of hydrogen-bond acceptors (Lipinski definition) is 0. The van der Waals surface area contributed by atoms with E-state index in [1.165, 1.54) is 76.9 Å². The van der Waals surface area contributed by atoms with Gasteiger partial charge in [0.05, 0.1) is 0 Å². The normalized spacial score (nSPS) is 13.8. The van der Waals surface area contributed by atoms with E-state index in [2.05, 4.69) is 210 Å². The highest BCUT2D eigenvalue weighted by Crippen LogP contribution is 2.73. The Morgan fingerprint density at radius 2 is 0.565 bits per heavy atom. The zero-order valence-corrected chi connectivity index (χ0v) is 42.0. The van der Waals surface area contributed by atoms with Crippen molar-refractivity contribution in [3.8, 4) is 0 Å². The minimum Gasteiger partial charge on any atom is -0.0648 e. The van der Waals surface area contributed by atoms with Crippen molar-refractivity contribution in [3.05, 3.63) is 189 Å². The lowest BCUT2D eigenvalue weighted by atomic mass is 9.66. The second kappa shape index (κ2) is 22.2. The largest absolute Gasteiger partial charge is 0.0648 e. The van der Waals surface area contributed by atoms with Gasteiger partial charge in [-0.25, -0.2) is 0 Å². The van der Waals surface area contributed by atoms with E-state index in [0.717, 1.165) is 57.8 Å². The second-order valence-electron chi connectivity index (χ2n) is 17.8. The van der Waals surface area contributed by atoms with Gasteiger partial charge in [0.15, 0.2) is 0 Å². The molecule has 6 rings (SSSR count). The summed E-state index contributed by atoms with van der Waals surface area (Å²) < 4.78 is 0. The fourth-order valence-electron chi connectivity index (χ4n) is 10.3. The average molecular weight is 859 g/mol. The van der Waals surface area contributed by atoms with E-state index in [-0.39, 0.29) is 16.7 Å². The third kappa shape index (κ3) is 10.3. The molecular weight excluding hydrogens is 783 g/mol. The van der Waals surface area contributed by atoms with Crippen LogP contribution in [0.15, 0.2) is 133 Å². The lowest BCUT2D eigenvalue weighted by Gasteiger charge is -2.55. The van der Waals surface area contributed by atoms with Gasteiger partial charge in [-0.1, -0.05) is 210 Å². The van der Waals surface area contributed by atoms with E-state index < -0.39 is 15.8 Å². The molecule has 0 saturated carbocycles. The SMILES string of the molecule is CCc1cc(CC)cc(P(c2cc(CC)cc(CC)c2)C(c2ccccc2)C(CC)(C(C)C)C(c2ccccc2)P(c2cc(CC)cc(CC)c2)c2cc(CC)cc(CC)c2)c1. The first-order valence-electron chi connectivity index (χ1n) is 24.3. The van der Waals surface area contributed by atoms with Crippen molar-refractivity contribution < 1.29 is 0 Å². The predicted molar refractivity (Wildman–Crippen MR) is 279 cm³/mol. The molecule has 0 amide bonds. The van der Waals surface area contributed by atoms with Gasteiger partial charge in [-0.05, 0) is 162 Å². The smallest absolute Gasteiger partial charge is 0.0190 e. The van der Waals surface area contributed by atoms with Gasteiger partial charge in [-0.15, -0.1) is 0 Å². The summed E-state index contributed by atoms with van der Waals surface area (Å²) in [5.74, 6) is 0.359. The standard InChI is InChI=1S/C60H76P2/c1-12-44-31-45(13-2)36-54(35-44)61(55-37-46(14-3)32-47(15-4)38-55)58(52-27-23-21-24-28-52)60(20-9,43(10)11)59(53-29-25-22-26-30-53)62(56-39-48(16-5)33-49(17-6)40-56)57-41-50(18-7)34-51(19-8)42-57/h21-43,58-59H,12-20H2,1-11H3. The van der Waals surface area contributed by atoms with Crippen LogP contribution in [0.2, 0.25) is 0 Å². The first-order valence-corrected chi connectivity index (χ1v) is 27.1. The number of benzene rings is 6. The Morgan fingerprint density at radius 1 is 0.339 bits per heavy atom. The summed E-state index contributed by atoms with van der Waals surface area (Å²) >= 11 is 0. The molecular formula is C60H76P2. The monoisotopic (exact) mass is 859 g/mol. The van der Waals surface area contributed by atoms with E-state index in [9.17, 15) is 0 Å². The first kappa shape index (κ1) is 47.7. The third-order valence-electron chi connectivity index (χ3n) is 14.0. The van der Waals surface area contributed by atoms with Gasteiger partial charge in [0, 0.05) is 11.3 Å². The Morgan fingerprint density at radius 3 is 0.742 bits per heavy atom. The summed E-state index contributed by atoms with van der Waals surface area (Å²) in [4.78, 5) is 0. The lowest BCUT2D eigenvalue weighted by molar-refractivity contribution is 0.162.